The van der Waals surface area contributed by atoms with Crippen LogP contribution >= 0.6 is 12.6 Å². The van der Waals surface area contributed by atoms with Crippen LogP contribution in [-0.2, 0) is 22.2 Å². The van der Waals surface area contributed by atoms with Crippen LogP contribution in [0.15, 0.2) is 42.5 Å². The van der Waals surface area contributed by atoms with E-state index in [-0.39, 0.29) is 18.0 Å². The van der Waals surface area contributed by atoms with Crippen molar-refractivity contribution < 1.29 is 22.8 Å². The number of thiol groups is 1. The molecule has 0 aromatic heterocycles. The zero-order chi connectivity index (χ0) is 24.0. The number of nitriles is 1. The van der Waals surface area contributed by atoms with Gasteiger partial charge in [-0.3, -0.25) is 14.5 Å². The van der Waals surface area contributed by atoms with E-state index in [1.165, 1.54) is 11.0 Å². The Morgan fingerprint density at radius 3 is 2.33 bits per heavy atom. The molecule has 6 nitrogen and oxygen atoms in total. The molecule has 10 heteroatoms. The molecule has 1 saturated heterocycles. The van der Waals surface area contributed by atoms with Crippen LogP contribution in [0, 0.1) is 11.3 Å². The highest BCUT2D eigenvalue weighted by molar-refractivity contribution is 7.81. The van der Waals surface area contributed by atoms with Gasteiger partial charge in [-0.2, -0.15) is 18.4 Å². The third kappa shape index (κ3) is 3.91. The van der Waals surface area contributed by atoms with Gasteiger partial charge in [-0.25, -0.2) is 0 Å². The van der Waals surface area contributed by atoms with Gasteiger partial charge in [0.2, 0.25) is 5.91 Å². The lowest BCUT2D eigenvalue weighted by molar-refractivity contribution is -0.137. The molecular formula is C23H21F3N4O2S. The number of hydrogen-bond acceptors (Lipinski definition) is 5. The molecule has 2 N–H and O–H groups in total. The molecule has 1 saturated carbocycles. The lowest BCUT2D eigenvalue weighted by Crippen LogP contribution is -2.55. The van der Waals surface area contributed by atoms with Crippen LogP contribution in [0.2, 0.25) is 0 Å². The fourth-order valence-corrected chi connectivity index (χ4v) is 5.06. The number of aryl methyl sites for hydroxylation is 1. The third-order valence-corrected chi connectivity index (χ3v) is 6.76. The summed E-state index contributed by atoms with van der Waals surface area (Å²) in [5.74, 6) is -0.714. The van der Waals surface area contributed by atoms with Crippen molar-refractivity contribution >= 4 is 35.8 Å². The van der Waals surface area contributed by atoms with Crippen molar-refractivity contribution in [3.8, 4) is 6.07 Å². The van der Waals surface area contributed by atoms with E-state index in [0.717, 1.165) is 24.1 Å². The number of benzene rings is 2. The van der Waals surface area contributed by atoms with Crippen LogP contribution in [0.4, 0.5) is 24.5 Å². The molecule has 2 amide bonds. The first kappa shape index (κ1) is 23.0. The Hall–Kier alpha value is -3.19. The van der Waals surface area contributed by atoms with E-state index >= 15 is 0 Å². The Kier molecular flexibility index (Phi) is 5.78. The zero-order valence-electron chi connectivity index (χ0n) is 17.5. The smallest absolute Gasteiger partial charge is 0.370 e. The predicted molar refractivity (Wildman–Crippen MR) is 119 cm³/mol. The molecule has 2 fully saturated rings. The summed E-state index contributed by atoms with van der Waals surface area (Å²) in [5.41, 5.74) is 3.55. The highest BCUT2D eigenvalue weighted by Crippen LogP contribution is 2.50. The molecule has 1 unspecified atom stereocenters. The van der Waals surface area contributed by atoms with Crippen molar-refractivity contribution in [2.75, 3.05) is 9.80 Å². The van der Waals surface area contributed by atoms with Gasteiger partial charge in [-0.1, -0.05) is 12.1 Å². The van der Waals surface area contributed by atoms with Gasteiger partial charge in [0.05, 0.1) is 17.2 Å². The molecule has 1 aliphatic carbocycles. The summed E-state index contributed by atoms with van der Waals surface area (Å²) in [4.78, 5) is 27.6. The standard InChI is InChI=1S/C23H21F3N4O2S/c24-23(25,26)18-12-17(8-5-15(18)13-27)29-20(32)22(10-1-11-22)30(21(29)33)16-6-2-14(3-7-16)4-9-19(28)31/h2-3,5-8,12,21,33H,1,4,9-11H2,(H2,28,31). The number of halogens is 3. The van der Waals surface area contributed by atoms with Crippen LogP contribution < -0.4 is 15.5 Å². The number of hydrogen-bond donors (Lipinski definition) is 2. The minimum Gasteiger partial charge on any atom is -0.370 e. The quantitative estimate of drug-likeness (QED) is 0.642. The molecule has 2 aromatic carbocycles. The number of carbonyl (C=O) groups excluding carboxylic acids is 2. The highest BCUT2D eigenvalue weighted by Gasteiger charge is 2.60. The van der Waals surface area contributed by atoms with E-state index in [1.807, 2.05) is 29.2 Å². The molecule has 1 heterocycles. The first-order valence-electron chi connectivity index (χ1n) is 10.4. The number of primary amides is 1. The van der Waals surface area contributed by atoms with Crippen molar-refractivity contribution in [1.29, 1.82) is 5.26 Å². The maximum Gasteiger partial charge on any atom is 0.417 e. The van der Waals surface area contributed by atoms with Crippen LogP contribution in [-0.4, -0.2) is 22.9 Å². The van der Waals surface area contributed by atoms with Crippen molar-refractivity contribution in [2.45, 2.75) is 49.3 Å². The van der Waals surface area contributed by atoms with Crippen LogP contribution in [0.5, 0.6) is 0 Å². The molecule has 0 bridgehead atoms. The second-order valence-electron chi connectivity index (χ2n) is 8.25. The van der Waals surface area contributed by atoms with Gasteiger partial charge in [0.1, 0.15) is 5.54 Å². The summed E-state index contributed by atoms with van der Waals surface area (Å²) >= 11 is 4.64. The second kappa shape index (κ2) is 8.30. The summed E-state index contributed by atoms with van der Waals surface area (Å²) in [6.07, 6.45) is -2.09. The normalized spacial score (nSPS) is 19.5. The summed E-state index contributed by atoms with van der Waals surface area (Å²) in [7, 11) is 0. The Morgan fingerprint density at radius 2 is 1.82 bits per heavy atom. The molecule has 2 aliphatic rings. The van der Waals surface area contributed by atoms with Gasteiger partial charge in [0.15, 0.2) is 5.50 Å². The summed E-state index contributed by atoms with van der Waals surface area (Å²) < 4.78 is 40.5. The lowest BCUT2D eigenvalue weighted by atomic mass is 9.75. The predicted octanol–water partition coefficient (Wildman–Crippen LogP) is 3.98. The van der Waals surface area contributed by atoms with E-state index in [4.69, 9.17) is 11.0 Å². The molecule has 1 aliphatic heterocycles. The molecule has 1 spiro atoms. The molecule has 1 atom stereocenters. The van der Waals surface area contributed by atoms with E-state index in [1.54, 1.807) is 6.07 Å². The topological polar surface area (TPSA) is 90.4 Å². The van der Waals surface area contributed by atoms with Crippen LogP contribution in [0.1, 0.15) is 42.4 Å². The molecule has 0 radical (unpaired) electrons. The van der Waals surface area contributed by atoms with E-state index in [9.17, 15) is 22.8 Å². The number of nitrogens with two attached hydrogens (primary N) is 1. The first-order chi connectivity index (χ1) is 15.6. The van der Waals surface area contributed by atoms with Gasteiger partial charge in [-0.05, 0) is 61.6 Å². The maximum absolute atomic E-state index is 13.5. The number of anilines is 2. The van der Waals surface area contributed by atoms with Gasteiger partial charge in [0.25, 0.3) is 5.91 Å². The van der Waals surface area contributed by atoms with Crippen molar-refractivity contribution in [1.82, 2.24) is 0 Å². The maximum atomic E-state index is 13.5. The van der Waals surface area contributed by atoms with Gasteiger partial charge >= 0.3 is 6.18 Å². The number of alkyl halides is 3. The number of rotatable bonds is 5. The Bertz CT molecular complexity index is 1140. The Balaban J connectivity index is 1.70. The van der Waals surface area contributed by atoms with Gasteiger partial charge in [-0.15, -0.1) is 12.6 Å². The van der Waals surface area contributed by atoms with E-state index in [2.05, 4.69) is 12.6 Å². The largest absolute Gasteiger partial charge is 0.417 e. The zero-order valence-corrected chi connectivity index (χ0v) is 18.4. The van der Waals surface area contributed by atoms with Crippen molar-refractivity contribution in [3.63, 3.8) is 0 Å². The first-order valence-corrected chi connectivity index (χ1v) is 10.9. The fraction of sp³-hybridized carbons (Fsp3) is 0.348. The Labute approximate surface area is 194 Å². The minimum atomic E-state index is -4.73. The molecule has 33 heavy (non-hydrogen) atoms. The third-order valence-electron chi connectivity index (χ3n) is 6.30. The summed E-state index contributed by atoms with van der Waals surface area (Å²) in [5, 5.41) is 9.07. The molecule has 172 valence electrons. The van der Waals surface area contributed by atoms with E-state index in [0.29, 0.717) is 24.9 Å². The lowest BCUT2D eigenvalue weighted by Gasteiger charge is -2.44. The van der Waals surface area contributed by atoms with Crippen molar-refractivity contribution in [3.05, 3.63) is 59.2 Å². The monoisotopic (exact) mass is 474 g/mol. The number of nitrogens with zero attached hydrogens (tertiary/aromatic N) is 3. The molecular weight excluding hydrogens is 453 g/mol. The molecule has 4 rings (SSSR count). The fourth-order valence-electron chi connectivity index (χ4n) is 4.47. The van der Waals surface area contributed by atoms with Gasteiger partial charge in [0, 0.05) is 17.8 Å². The van der Waals surface area contributed by atoms with E-state index < -0.39 is 34.2 Å². The molecule has 2 aromatic rings. The SMILES string of the molecule is N#Cc1ccc(N2C(=O)C3(CCC3)N(c3ccc(CCC(N)=O)cc3)C2S)cc1C(F)(F)F. The highest BCUT2D eigenvalue weighted by atomic mass is 32.1. The summed E-state index contributed by atoms with van der Waals surface area (Å²) in [6.45, 7) is 0. The van der Waals surface area contributed by atoms with Crippen LogP contribution in [0.3, 0.4) is 0 Å². The average molecular weight is 475 g/mol. The number of amides is 2. The number of carbonyl (C=O) groups is 2. The summed E-state index contributed by atoms with van der Waals surface area (Å²) in [6, 6.07) is 12.1. The van der Waals surface area contributed by atoms with Crippen LogP contribution in [0.25, 0.3) is 0 Å². The Morgan fingerprint density at radius 1 is 1.18 bits per heavy atom. The van der Waals surface area contributed by atoms with Gasteiger partial charge < -0.3 is 10.6 Å². The average Bonchev–Trinajstić information content (AvgIpc) is 2.98. The minimum absolute atomic E-state index is 0.0400. The second-order valence-corrected chi connectivity index (χ2v) is 8.71. The van der Waals surface area contributed by atoms with Crippen molar-refractivity contribution in [2.24, 2.45) is 5.73 Å².